The molecule has 0 atom stereocenters. The van der Waals surface area contributed by atoms with Crippen LogP contribution in [0.25, 0.3) is 0 Å². The monoisotopic (exact) mass is 705 g/mol. The van der Waals surface area contributed by atoms with Crippen LogP contribution in [-0.4, -0.2) is 11.9 Å². The molecule has 0 aromatic carbocycles. The van der Waals surface area contributed by atoms with Crippen LogP contribution in [0.15, 0.2) is 24.3 Å². The molecule has 0 amide bonds. The van der Waals surface area contributed by atoms with Gasteiger partial charge in [-0.25, -0.2) is 0 Å². The second-order valence-corrected chi connectivity index (χ2v) is 13.1. The first-order chi connectivity index (χ1) is 22.5. The number of carboxylic acid groups (broad SMARTS) is 2. The minimum Gasteiger partial charge on any atom is -0.550 e. The van der Waals surface area contributed by atoms with Crippen molar-refractivity contribution < 1.29 is 36.9 Å². The van der Waals surface area contributed by atoms with E-state index in [1.807, 2.05) is 0 Å². The Balaban J connectivity index is -0.000000329. The molecular formula is C42H80FeO4. The maximum absolute atomic E-state index is 10.2. The normalized spacial score (nSPS) is 10.7. The standard InChI is InChI=1S/2C18H34O2.C6H14.Fe/c2*1-2-3-4-5-6-7-8-9-10-11-12-13-14-15-16-17-18(19)20;1-3-5-6-4-2;/h2*9-10H,2-8,11-17H2,1H3,(H,19,20);3-6H2,1-2H3;/q;;;+2/p-2/b2*10-9-;;. The Hall–Kier alpha value is -1.06. The molecule has 0 unspecified atom stereocenters. The van der Waals surface area contributed by atoms with Crippen LogP contribution in [-0.2, 0) is 26.7 Å². The van der Waals surface area contributed by atoms with E-state index >= 15 is 0 Å². The average molecular weight is 705 g/mol. The summed E-state index contributed by atoms with van der Waals surface area (Å²) in [6, 6.07) is 0. The third kappa shape index (κ3) is 64.2. The number of hydrogen-bond donors (Lipinski definition) is 0. The minimum absolute atomic E-state index is 0. The van der Waals surface area contributed by atoms with E-state index in [4.69, 9.17) is 0 Å². The average Bonchev–Trinajstić information content (AvgIpc) is 3.04. The van der Waals surface area contributed by atoms with Crippen LogP contribution in [0.2, 0.25) is 0 Å². The van der Waals surface area contributed by atoms with Gasteiger partial charge in [0.05, 0.1) is 0 Å². The van der Waals surface area contributed by atoms with Gasteiger partial charge in [-0.3, -0.25) is 0 Å². The third-order valence-corrected chi connectivity index (χ3v) is 8.24. The number of rotatable bonds is 33. The number of carbonyl (C=O) groups excluding carboxylic acids is 2. The van der Waals surface area contributed by atoms with Crippen molar-refractivity contribution in [3.05, 3.63) is 24.3 Å². The summed E-state index contributed by atoms with van der Waals surface area (Å²) in [6.07, 6.45) is 47.3. The van der Waals surface area contributed by atoms with Gasteiger partial charge in [0.15, 0.2) is 0 Å². The molecule has 0 heterocycles. The van der Waals surface area contributed by atoms with Crippen LogP contribution in [0.5, 0.6) is 0 Å². The van der Waals surface area contributed by atoms with Gasteiger partial charge in [-0.1, -0.05) is 180 Å². The van der Waals surface area contributed by atoms with Gasteiger partial charge >= 0.3 is 17.1 Å². The number of carboxylic acids is 2. The van der Waals surface area contributed by atoms with Crippen LogP contribution in [0.3, 0.4) is 0 Å². The van der Waals surface area contributed by atoms with Crippen LogP contribution in [0.4, 0.5) is 0 Å². The van der Waals surface area contributed by atoms with E-state index in [2.05, 4.69) is 52.0 Å². The summed E-state index contributed by atoms with van der Waals surface area (Å²) in [7, 11) is 0. The molecule has 0 N–H and O–H groups in total. The number of aliphatic carboxylic acids is 2. The maximum atomic E-state index is 10.2. The van der Waals surface area contributed by atoms with E-state index in [0.717, 1.165) is 38.5 Å². The topological polar surface area (TPSA) is 80.3 Å². The summed E-state index contributed by atoms with van der Waals surface area (Å²) in [6.45, 7) is 8.98. The van der Waals surface area contributed by atoms with Gasteiger partial charge < -0.3 is 19.8 Å². The molecule has 0 radical (unpaired) electrons. The molecule has 5 heteroatoms. The summed E-state index contributed by atoms with van der Waals surface area (Å²) in [5, 5.41) is 20.4. The summed E-state index contributed by atoms with van der Waals surface area (Å²) in [5.41, 5.74) is 0. The summed E-state index contributed by atoms with van der Waals surface area (Å²) < 4.78 is 0. The second-order valence-electron chi connectivity index (χ2n) is 13.1. The molecule has 0 aromatic rings. The predicted molar refractivity (Wildman–Crippen MR) is 199 cm³/mol. The summed E-state index contributed by atoms with van der Waals surface area (Å²) >= 11 is 0. The van der Waals surface area contributed by atoms with Gasteiger partial charge in [0.25, 0.3) is 0 Å². The van der Waals surface area contributed by atoms with Gasteiger partial charge in [0.1, 0.15) is 0 Å². The Morgan fingerprint density at radius 2 is 0.532 bits per heavy atom. The molecule has 0 saturated heterocycles. The first-order valence-electron chi connectivity index (χ1n) is 20.2. The molecule has 0 saturated carbocycles. The SMILES string of the molecule is CCCCCC.CCCCCCCC/C=C\CCCCCCCC(=O)[O-].CCCCCCCC/C=C\CCCCCCCC(=O)[O-].[Fe+2]. The van der Waals surface area contributed by atoms with E-state index in [9.17, 15) is 19.8 Å². The van der Waals surface area contributed by atoms with Crippen molar-refractivity contribution in [3.63, 3.8) is 0 Å². The first kappa shape index (κ1) is 52.7. The predicted octanol–water partition coefficient (Wildman–Crippen LogP) is 12.1. The van der Waals surface area contributed by atoms with Crippen molar-refractivity contribution >= 4 is 11.9 Å². The van der Waals surface area contributed by atoms with Crippen LogP contribution >= 0.6 is 0 Å². The molecule has 0 aliphatic rings. The Labute approximate surface area is 305 Å². The van der Waals surface area contributed by atoms with Crippen LogP contribution in [0, 0.1) is 0 Å². The van der Waals surface area contributed by atoms with Crippen LogP contribution in [0.1, 0.15) is 233 Å². The molecule has 0 rings (SSSR count). The van der Waals surface area contributed by atoms with Gasteiger partial charge in [0.2, 0.25) is 0 Å². The smallest absolute Gasteiger partial charge is 0.550 e. The molecular weight excluding hydrogens is 624 g/mol. The summed E-state index contributed by atoms with van der Waals surface area (Å²) in [4.78, 5) is 20.4. The fourth-order valence-electron chi connectivity index (χ4n) is 5.18. The Morgan fingerprint density at radius 3 is 0.766 bits per heavy atom. The van der Waals surface area contributed by atoms with Crippen LogP contribution < -0.4 is 10.2 Å². The first-order valence-corrected chi connectivity index (χ1v) is 20.2. The summed E-state index contributed by atoms with van der Waals surface area (Å²) in [5.74, 6) is -1.83. The van der Waals surface area contributed by atoms with Crippen molar-refractivity contribution in [2.45, 2.75) is 233 Å². The van der Waals surface area contributed by atoms with Gasteiger partial charge in [-0.2, -0.15) is 0 Å². The number of carbonyl (C=O) groups is 2. The fraction of sp³-hybridized carbons (Fsp3) is 0.857. The molecule has 280 valence electrons. The quantitative estimate of drug-likeness (QED) is 0.0387. The number of allylic oxidation sites excluding steroid dienone is 4. The van der Waals surface area contributed by atoms with E-state index in [0.29, 0.717) is 0 Å². The molecule has 0 aliphatic heterocycles. The Morgan fingerprint density at radius 1 is 0.340 bits per heavy atom. The Kier molecular flexibility index (Phi) is 58.1. The van der Waals surface area contributed by atoms with E-state index in [1.165, 1.54) is 154 Å². The number of hydrogen-bond acceptors (Lipinski definition) is 4. The fourth-order valence-corrected chi connectivity index (χ4v) is 5.18. The zero-order valence-electron chi connectivity index (χ0n) is 31.9. The second kappa shape index (κ2) is 51.8. The van der Waals surface area contributed by atoms with Crippen molar-refractivity contribution in [1.29, 1.82) is 0 Å². The molecule has 0 bridgehead atoms. The molecule has 0 spiro atoms. The van der Waals surface area contributed by atoms with Crippen molar-refractivity contribution in [2.75, 3.05) is 0 Å². The minimum atomic E-state index is -0.914. The maximum Gasteiger partial charge on any atom is 2.00 e. The zero-order chi connectivity index (χ0) is 34.6. The molecule has 4 nitrogen and oxygen atoms in total. The Bertz CT molecular complexity index is 578. The molecule has 47 heavy (non-hydrogen) atoms. The number of unbranched alkanes of at least 4 members (excludes halogenated alkanes) is 25. The van der Waals surface area contributed by atoms with Gasteiger partial charge in [-0.15, -0.1) is 0 Å². The van der Waals surface area contributed by atoms with Gasteiger partial charge in [0, 0.05) is 11.9 Å². The third-order valence-electron chi connectivity index (χ3n) is 8.24. The van der Waals surface area contributed by atoms with E-state index in [1.54, 1.807) is 0 Å². The molecule has 0 aromatic heterocycles. The van der Waals surface area contributed by atoms with E-state index in [-0.39, 0.29) is 29.9 Å². The molecule has 0 aliphatic carbocycles. The van der Waals surface area contributed by atoms with E-state index < -0.39 is 11.9 Å². The van der Waals surface area contributed by atoms with Crippen molar-refractivity contribution in [2.24, 2.45) is 0 Å². The largest absolute Gasteiger partial charge is 2.00 e. The van der Waals surface area contributed by atoms with Crippen molar-refractivity contribution in [1.82, 2.24) is 0 Å². The molecule has 0 fully saturated rings. The van der Waals surface area contributed by atoms with Gasteiger partial charge in [-0.05, 0) is 77.0 Å². The van der Waals surface area contributed by atoms with Crippen molar-refractivity contribution in [3.8, 4) is 0 Å². The zero-order valence-corrected chi connectivity index (χ0v) is 33.0.